The first kappa shape index (κ1) is 21.5. The molecule has 152 valence electrons. The van der Waals surface area contributed by atoms with Crippen molar-refractivity contribution in [3.63, 3.8) is 0 Å². The van der Waals surface area contributed by atoms with E-state index in [1.54, 1.807) is 25.1 Å². The molecule has 2 N–H and O–H groups in total. The number of nitrogens with zero attached hydrogens (tertiary/aromatic N) is 1. The van der Waals surface area contributed by atoms with Gasteiger partial charge < -0.3 is 15.4 Å². The third-order valence-electron chi connectivity index (χ3n) is 3.91. The van der Waals surface area contributed by atoms with Gasteiger partial charge in [0.1, 0.15) is 0 Å². The zero-order chi connectivity index (χ0) is 21.4. The normalized spacial score (nSPS) is 10.1. The Hall–Kier alpha value is -3.75. The second-order valence-electron chi connectivity index (χ2n) is 6.38. The average Bonchev–Trinajstić information content (AvgIpc) is 2.66. The van der Waals surface area contributed by atoms with E-state index < -0.39 is 23.4 Å². The van der Waals surface area contributed by atoms with Gasteiger partial charge in [0.15, 0.2) is 6.61 Å². The van der Waals surface area contributed by atoms with Gasteiger partial charge in [-0.2, -0.15) is 0 Å². The van der Waals surface area contributed by atoms with Gasteiger partial charge in [-0.25, -0.2) is 0 Å². The molecule has 0 bridgehead atoms. The van der Waals surface area contributed by atoms with Gasteiger partial charge in [0.05, 0.1) is 11.3 Å². The lowest BCUT2D eigenvalue weighted by Crippen LogP contribution is -2.21. The van der Waals surface area contributed by atoms with Crippen LogP contribution in [-0.2, 0) is 19.1 Å². The van der Waals surface area contributed by atoms with Crippen LogP contribution in [-0.4, -0.2) is 29.3 Å². The molecule has 0 atom stereocenters. The molecule has 0 saturated heterocycles. The van der Waals surface area contributed by atoms with Crippen molar-refractivity contribution >= 4 is 34.8 Å². The highest BCUT2D eigenvalue weighted by Crippen LogP contribution is 2.22. The Balaban J connectivity index is 1.74. The summed E-state index contributed by atoms with van der Waals surface area (Å²) in [4.78, 5) is 45.8. The summed E-state index contributed by atoms with van der Waals surface area (Å²) in [6.45, 7) is 2.92. The molecular weight excluding hydrogens is 378 g/mol. The maximum Gasteiger partial charge on any atom is 0.306 e. The number of nitro groups is 1. The van der Waals surface area contributed by atoms with Crippen LogP contribution in [0.25, 0.3) is 0 Å². The van der Waals surface area contributed by atoms with E-state index in [0.717, 1.165) is 5.56 Å². The lowest BCUT2D eigenvalue weighted by Gasteiger charge is -2.08. The van der Waals surface area contributed by atoms with Crippen LogP contribution >= 0.6 is 0 Å². The Labute approximate surface area is 167 Å². The second-order valence-corrected chi connectivity index (χ2v) is 6.38. The third-order valence-corrected chi connectivity index (χ3v) is 3.91. The van der Waals surface area contributed by atoms with Crippen molar-refractivity contribution in [2.45, 2.75) is 26.7 Å². The molecule has 0 radical (unpaired) electrons. The largest absolute Gasteiger partial charge is 0.456 e. The molecule has 0 aliphatic heterocycles. The van der Waals surface area contributed by atoms with Crippen molar-refractivity contribution in [3.05, 3.63) is 63.7 Å². The molecule has 0 spiro atoms. The molecule has 0 aromatic heterocycles. The van der Waals surface area contributed by atoms with Crippen molar-refractivity contribution in [3.8, 4) is 0 Å². The molecule has 0 aliphatic carbocycles. The number of carbonyl (C=O) groups excluding carboxylic acids is 3. The number of amides is 2. The molecular formula is C20H21N3O6. The minimum atomic E-state index is -0.700. The predicted molar refractivity (Wildman–Crippen MR) is 106 cm³/mol. The number of ether oxygens (including phenoxy) is 1. The second kappa shape index (κ2) is 9.98. The number of carbonyl (C=O) groups is 3. The highest BCUT2D eigenvalue weighted by atomic mass is 16.6. The van der Waals surface area contributed by atoms with E-state index in [1.165, 1.54) is 18.2 Å². The van der Waals surface area contributed by atoms with Crippen molar-refractivity contribution in [2.24, 2.45) is 0 Å². The lowest BCUT2D eigenvalue weighted by atomic mass is 10.2. The highest BCUT2D eigenvalue weighted by molar-refractivity contribution is 5.94. The summed E-state index contributed by atoms with van der Waals surface area (Å²) in [5.74, 6) is -1.68. The molecule has 9 heteroatoms. The maximum absolute atomic E-state index is 11.9. The molecule has 0 aliphatic rings. The fourth-order valence-corrected chi connectivity index (χ4v) is 2.46. The fourth-order valence-electron chi connectivity index (χ4n) is 2.46. The van der Waals surface area contributed by atoms with Crippen LogP contribution in [0.1, 0.15) is 24.0 Å². The summed E-state index contributed by atoms with van der Waals surface area (Å²) in [7, 11) is 0. The van der Waals surface area contributed by atoms with Crippen molar-refractivity contribution in [1.29, 1.82) is 0 Å². The molecule has 0 fully saturated rings. The molecule has 0 heterocycles. The number of nitro benzene ring substituents is 1. The summed E-state index contributed by atoms with van der Waals surface area (Å²) >= 11 is 0. The van der Waals surface area contributed by atoms with Crippen LogP contribution in [0.4, 0.5) is 17.1 Å². The number of rotatable bonds is 8. The number of esters is 1. The van der Waals surface area contributed by atoms with E-state index in [2.05, 4.69) is 10.6 Å². The first-order valence-corrected chi connectivity index (χ1v) is 8.81. The summed E-state index contributed by atoms with van der Waals surface area (Å²) in [6.07, 6.45) is -0.264. The van der Waals surface area contributed by atoms with Crippen molar-refractivity contribution in [2.75, 3.05) is 17.2 Å². The van der Waals surface area contributed by atoms with Gasteiger partial charge in [-0.05, 0) is 37.6 Å². The van der Waals surface area contributed by atoms with Gasteiger partial charge in [0.2, 0.25) is 5.91 Å². The number of hydrogen-bond acceptors (Lipinski definition) is 6. The smallest absolute Gasteiger partial charge is 0.306 e. The van der Waals surface area contributed by atoms with E-state index in [-0.39, 0.29) is 30.1 Å². The predicted octanol–water partition coefficient (Wildman–Crippen LogP) is 3.11. The van der Waals surface area contributed by atoms with Gasteiger partial charge in [0.25, 0.3) is 11.6 Å². The average molecular weight is 399 g/mol. The molecule has 2 aromatic carbocycles. The zero-order valence-corrected chi connectivity index (χ0v) is 16.1. The molecule has 2 aromatic rings. The molecule has 2 rings (SSSR count). The van der Waals surface area contributed by atoms with E-state index >= 15 is 0 Å². The van der Waals surface area contributed by atoms with Crippen molar-refractivity contribution in [1.82, 2.24) is 0 Å². The third kappa shape index (κ3) is 7.06. The minimum Gasteiger partial charge on any atom is -0.456 e. The first-order valence-electron chi connectivity index (χ1n) is 8.81. The quantitative estimate of drug-likeness (QED) is 0.399. The Bertz CT molecular complexity index is 942. The number of benzene rings is 2. The maximum atomic E-state index is 11.9. The van der Waals surface area contributed by atoms with Gasteiger partial charge >= 0.3 is 5.97 Å². The SMILES string of the molecule is Cc1cccc(NC(=O)CCC(=O)OCC(=O)Nc2ccc(C)c([N+](=O)[O-])c2)c1. The van der Waals surface area contributed by atoms with E-state index in [1.807, 2.05) is 13.0 Å². The van der Waals surface area contributed by atoms with Gasteiger partial charge in [0, 0.05) is 29.4 Å². The van der Waals surface area contributed by atoms with Crippen LogP contribution in [0, 0.1) is 24.0 Å². The standard InChI is InChI=1S/C20H21N3O6/c1-13-4-3-5-15(10-13)21-18(24)8-9-20(26)29-12-19(25)22-16-7-6-14(2)17(11-16)23(27)28/h3-7,10-11H,8-9,12H2,1-2H3,(H,21,24)(H,22,25). The summed E-state index contributed by atoms with van der Waals surface area (Å²) in [5, 5.41) is 16.0. The van der Waals surface area contributed by atoms with Crippen LogP contribution in [0.15, 0.2) is 42.5 Å². The summed E-state index contributed by atoms with van der Waals surface area (Å²) in [6, 6.07) is 11.5. The van der Waals surface area contributed by atoms with Crippen LogP contribution in [0.2, 0.25) is 0 Å². The highest BCUT2D eigenvalue weighted by Gasteiger charge is 2.14. The molecule has 9 nitrogen and oxygen atoms in total. The topological polar surface area (TPSA) is 128 Å². The van der Waals surface area contributed by atoms with Crippen LogP contribution in [0.5, 0.6) is 0 Å². The Kier molecular flexibility index (Phi) is 7.41. The van der Waals surface area contributed by atoms with Crippen LogP contribution in [0.3, 0.4) is 0 Å². The number of hydrogen-bond donors (Lipinski definition) is 2. The van der Waals surface area contributed by atoms with Gasteiger partial charge in [-0.15, -0.1) is 0 Å². The molecule has 2 amide bonds. The van der Waals surface area contributed by atoms with E-state index in [9.17, 15) is 24.5 Å². The fraction of sp³-hybridized carbons (Fsp3) is 0.250. The first-order chi connectivity index (χ1) is 13.7. The van der Waals surface area contributed by atoms with Gasteiger partial charge in [-0.3, -0.25) is 24.5 Å². The minimum absolute atomic E-state index is 0.0848. The lowest BCUT2D eigenvalue weighted by molar-refractivity contribution is -0.385. The molecule has 0 saturated carbocycles. The number of anilines is 2. The summed E-state index contributed by atoms with van der Waals surface area (Å²) in [5.41, 5.74) is 2.19. The van der Waals surface area contributed by atoms with E-state index in [4.69, 9.17) is 4.74 Å². The monoisotopic (exact) mass is 399 g/mol. The number of aryl methyl sites for hydroxylation is 2. The summed E-state index contributed by atoms with van der Waals surface area (Å²) < 4.78 is 4.83. The Morgan fingerprint density at radius 1 is 0.966 bits per heavy atom. The van der Waals surface area contributed by atoms with E-state index in [0.29, 0.717) is 11.3 Å². The van der Waals surface area contributed by atoms with Crippen LogP contribution < -0.4 is 10.6 Å². The molecule has 29 heavy (non-hydrogen) atoms. The zero-order valence-electron chi connectivity index (χ0n) is 16.1. The van der Waals surface area contributed by atoms with Gasteiger partial charge in [-0.1, -0.05) is 18.2 Å². The van der Waals surface area contributed by atoms with Crippen molar-refractivity contribution < 1.29 is 24.0 Å². The number of nitrogens with one attached hydrogen (secondary N) is 2. The Morgan fingerprint density at radius 2 is 1.66 bits per heavy atom. The Morgan fingerprint density at radius 3 is 2.34 bits per heavy atom. The molecule has 0 unspecified atom stereocenters.